The van der Waals surface area contributed by atoms with E-state index >= 15 is 0 Å². The van der Waals surface area contributed by atoms with Gasteiger partial charge in [0.1, 0.15) is 17.4 Å². The average Bonchev–Trinajstić information content (AvgIpc) is 2.73. The second-order valence-electron chi connectivity index (χ2n) is 4.28. The molecule has 0 fully saturated rings. The van der Waals surface area contributed by atoms with Gasteiger partial charge in [0.05, 0.1) is 12.3 Å². The Bertz CT molecular complexity index is 563. The lowest BCUT2D eigenvalue weighted by atomic mass is 9.97. The van der Waals surface area contributed by atoms with E-state index in [9.17, 15) is 8.78 Å². The molecule has 0 spiro atoms. The Hall–Kier alpha value is -1.68. The van der Waals surface area contributed by atoms with Crippen LogP contribution in [0.4, 0.5) is 8.78 Å². The first-order chi connectivity index (χ1) is 8.54. The van der Waals surface area contributed by atoms with Crippen molar-refractivity contribution in [2.45, 2.75) is 19.9 Å². The van der Waals surface area contributed by atoms with Crippen molar-refractivity contribution < 1.29 is 13.2 Å². The molecular weight excluding hydrogens is 236 g/mol. The molecule has 0 saturated heterocycles. The molecule has 0 aliphatic carbocycles. The zero-order valence-electron chi connectivity index (χ0n) is 10.6. The van der Waals surface area contributed by atoms with E-state index in [1.54, 1.807) is 27.0 Å². The van der Waals surface area contributed by atoms with Gasteiger partial charge < -0.3 is 9.73 Å². The van der Waals surface area contributed by atoms with Crippen molar-refractivity contribution in [3.63, 3.8) is 0 Å². The lowest BCUT2D eigenvalue weighted by Crippen LogP contribution is -2.19. The summed E-state index contributed by atoms with van der Waals surface area (Å²) < 4.78 is 32.7. The third kappa shape index (κ3) is 2.16. The van der Waals surface area contributed by atoms with E-state index in [1.807, 2.05) is 0 Å². The third-order valence-electron chi connectivity index (χ3n) is 3.09. The molecule has 1 aromatic carbocycles. The second-order valence-corrected chi connectivity index (χ2v) is 4.28. The maximum atomic E-state index is 14.0. The molecule has 0 radical (unpaired) electrons. The van der Waals surface area contributed by atoms with Crippen molar-refractivity contribution in [2.75, 3.05) is 7.05 Å². The molecule has 2 aromatic rings. The normalized spacial score (nSPS) is 12.7. The van der Waals surface area contributed by atoms with Gasteiger partial charge in [-0.25, -0.2) is 8.78 Å². The van der Waals surface area contributed by atoms with Crippen LogP contribution in [0.25, 0.3) is 0 Å². The summed E-state index contributed by atoms with van der Waals surface area (Å²) in [7, 11) is 1.70. The van der Waals surface area contributed by atoms with Gasteiger partial charge in [-0.3, -0.25) is 0 Å². The van der Waals surface area contributed by atoms with E-state index in [-0.39, 0.29) is 5.56 Å². The van der Waals surface area contributed by atoms with Crippen molar-refractivity contribution in [2.24, 2.45) is 0 Å². The fourth-order valence-electron chi connectivity index (χ4n) is 2.06. The minimum absolute atomic E-state index is 0.283. The minimum Gasteiger partial charge on any atom is -0.469 e. The maximum Gasteiger partial charge on any atom is 0.128 e. The van der Waals surface area contributed by atoms with Crippen LogP contribution in [0.5, 0.6) is 0 Å². The molecular formula is C14H15F2NO. The van der Waals surface area contributed by atoms with Crippen LogP contribution in [-0.2, 0) is 0 Å². The average molecular weight is 251 g/mol. The highest BCUT2D eigenvalue weighted by Gasteiger charge is 2.21. The monoisotopic (exact) mass is 251 g/mol. The first kappa shape index (κ1) is 12.8. The van der Waals surface area contributed by atoms with E-state index < -0.39 is 17.7 Å². The van der Waals surface area contributed by atoms with Crippen LogP contribution in [0.2, 0.25) is 0 Å². The largest absolute Gasteiger partial charge is 0.469 e. The Kier molecular flexibility index (Phi) is 3.48. The summed E-state index contributed by atoms with van der Waals surface area (Å²) in [6.45, 7) is 3.34. The number of nitrogens with one attached hydrogen (secondary N) is 1. The van der Waals surface area contributed by atoms with Crippen LogP contribution in [-0.4, -0.2) is 7.05 Å². The Balaban J connectivity index is 2.52. The van der Waals surface area contributed by atoms with E-state index in [0.717, 1.165) is 5.56 Å². The fraction of sp³-hybridized carbons (Fsp3) is 0.286. The molecule has 1 unspecified atom stereocenters. The van der Waals surface area contributed by atoms with Gasteiger partial charge >= 0.3 is 0 Å². The molecule has 0 amide bonds. The maximum absolute atomic E-state index is 14.0. The molecule has 0 bridgehead atoms. The van der Waals surface area contributed by atoms with Crippen LogP contribution in [0, 0.1) is 25.5 Å². The topological polar surface area (TPSA) is 25.2 Å². The number of benzene rings is 1. The molecule has 96 valence electrons. The lowest BCUT2D eigenvalue weighted by Gasteiger charge is -2.17. The Morgan fingerprint density at radius 2 is 1.83 bits per heavy atom. The Labute approximate surface area is 105 Å². The van der Waals surface area contributed by atoms with Gasteiger partial charge in [-0.15, -0.1) is 0 Å². The molecule has 2 rings (SSSR count). The highest BCUT2D eigenvalue weighted by atomic mass is 19.1. The standard InChI is InChI=1S/C14H15F2NO/c1-8-6-13(16)11(7-12(8)15)14(17-3)10-4-5-18-9(10)2/h4-7,14,17H,1-3H3. The van der Waals surface area contributed by atoms with E-state index in [4.69, 9.17) is 4.42 Å². The van der Waals surface area contributed by atoms with E-state index in [1.165, 1.54) is 18.4 Å². The van der Waals surface area contributed by atoms with Gasteiger partial charge in [-0.1, -0.05) is 0 Å². The number of rotatable bonds is 3. The summed E-state index contributed by atoms with van der Waals surface area (Å²) in [4.78, 5) is 0. The van der Waals surface area contributed by atoms with Gasteiger partial charge in [0.15, 0.2) is 0 Å². The molecule has 1 aromatic heterocycles. The third-order valence-corrected chi connectivity index (χ3v) is 3.09. The van der Waals surface area contributed by atoms with E-state index in [0.29, 0.717) is 11.3 Å². The van der Waals surface area contributed by atoms with Crippen LogP contribution < -0.4 is 5.32 Å². The van der Waals surface area contributed by atoms with Gasteiger partial charge in [0.2, 0.25) is 0 Å². The van der Waals surface area contributed by atoms with Crippen molar-refractivity contribution >= 4 is 0 Å². The zero-order chi connectivity index (χ0) is 13.3. The zero-order valence-corrected chi connectivity index (χ0v) is 10.6. The van der Waals surface area contributed by atoms with Crippen molar-refractivity contribution in [1.82, 2.24) is 5.32 Å². The van der Waals surface area contributed by atoms with Gasteiger partial charge in [0, 0.05) is 11.1 Å². The van der Waals surface area contributed by atoms with Gasteiger partial charge in [-0.05, 0) is 44.7 Å². The highest BCUT2D eigenvalue weighted by molar-refractivity contribution is 5.36. The van der Waals surface area contributed by atoms with Crippen LogP contribution >= 0.6 is 0 Å². The number of furan rings is 1. The smallest absolute Gasteiger partial charge is 0.128 e. The highest BCUT2D eigenvalue weighted by Crippen LogP contribution is 2.28. The molecule has 0 aliphatic heterocycles. The SMILES string of the molecule is CNC(c1cc(F)c(C)cc1F)c1ccoc1C. The molecule has 1 N–H and O–H groups in total. The molecule has 1 atom stereocenters. The Morgan fingerprint density at radius 3 is 2.39 bits per heavy atom. The summed E-state index contributed by atoms with van der Waals surface area (Å²) in [6.07, 6.45) is 1.54. The van der Waals surface area contributed by atoms with Crippen LogP contribution in [0.3, 0.4) is 0 Å². The predicted molar refractivity (Wildman–Crippen MR) is 65.4 cm³/mol. The van der Waals surface area contributed by atoms with E-state index in [2.05, 4.69) is 5.32 Å². The quantitative estimate of drug-likeness (QED) is 0.903. The summed E-state index contributed by atoms with van der Waals surface area (Å²) >= 11 is 0. The van der Waals surface area contributed by atoms with Crippen LogP contribution in [0.1, 0.15) is 28.5 Å². The Morgan fingerprint density at radius 1 is 1.11 bits per heavy atom. The van der Waals surface area contributed by atoms with Gasteiger partial charge in [0.25, 0.3) is 0 Å². The summed E-state index contributed by atoms with van der Waals surface area (Å²) in [5.74, 6) is -0.142. The molecule has 2 nitrogen and oxygen atoms in total. The summed E-state index contributed by atoms with van der Waals surface area (Å²) in [5, 5.41) is 2.98. The molecule has 18 heavy (non-hydrogen) atoms. The molecule has 0 saturated carbocycles. The molecule has 4 heteroatoms. The summed E-state index contributed by atoms with van der Waals surface area (Å²) in [5.41, 5.74) is 1.39. The summed E-state index contributed by atoms with van der Waals surface area (Å²) in [6, 6.07) is 3.79. The van der Waals surface area contributed by atoms with Crippen molar-refractivity contribution in [1.29, 1.82) is 0 Å². The van der Waals surface area contributed by atoms with Crippen molar-refractivity contribution in [3.05, 3.63) is 58.5 Å². The van der Waals surface area contributed by atoms with Crippen molar-refractivity contribution in [3.8, 4) is 0 Å². The van der Waals surface area contributed by atoms with Crippen LogP contribution in [0.15, 0.2) is 28.9 Å². The lowest BCUT2D eigenvalue weighted by molar-refractivity contribution is 0.516. The number of halogens is 2. The second kappa shape index (κ2) is 4.90. The number of aryl methyl sites for hydroxylation is 2. The minimum atomic E-state index is -0.422. The fourth-order valence-corrected chi connectivity index (χ4v) is 2.06. The predicted octanol–water partition coefficient (Wildman–Crippen LogP) is 3.48. The number of hydrogen-bond acceptors (Lipinski definition) is 2. The van der Waals surface area contributed by atoms with Gasteiger partial charge in [-0.2, -0.15) is 0 Å². The molecule has 0 aliphatic rings. The molecule has 1 heterocycles. The first-order valence-corrected chi connectivity index (χ1v) is 5.71. The number of hydrogen-bond donors (Lipinski definition) is 1. The first-order valence-electron chi connectivity index (χ1n) is 5.71.